The van der Waals surface area contributed by atoms with E-state index in [9.17, 15) is 13.2 Å². The van der Waals surface area contributed by atoms with Gasteiger partial charge in [0.1, 0.15) is 0 Å². The van der Waals surface area contributed by atoms with Crippen molar-refractivity contribution in [2.45, 2.75) is 6.18 Å². The van der Waals surface area contributed by atoms with Crippen molar-refractivity contribution in [3.8, 4) is 11.4 Å². The lowest BCUT2D eigenvalue weighted by Crippen LogP contribution is -2.11. The highest BCUT2D eigenvalue weighted by atomic mass is 32.1. The molecule has 0 saturated carbocycles. The van der Waals surface area contributed by atoms with Crippen LogP contribution in [0.2, 0.25) is 0 Å². The first-order valence-corrected chi connectivity index (χ1v) is 5.84. The lowest BCUT2D eigenvalue weighted by molar-refractivity contribution is -0.140. The molecule has 0 aliphatic carbocycles. The summed E-state index contributed by atoms with van der Waals surface area (Å²) in [5.74, 6) is -0.0134. The Morgan fingerprint density at radius 3 is 2.60 bits per heavy atom. The average Bonchev–Trinajstić information content (AvgIpc) is 2.83. The molecule has 5 nitrogen and oxygen atoms in total. The second kappa shape index (κ2) is 4.37. The van der Waals surface area contributed by atoms with E-state index in [2.05, 4.69) is 25.1 Å². The highest BCUT2D eigenvalue weighted by Crippen LogP contribution is 2.35. The van der Waals surface area contributed by atoms with Crippen LogP contribution in [0.1, 0.15) is 5.69 Å². The monoisotopic (exact) mass is 297 g/mol. The smallest absolute Gasteiger partial charge is 0.282 e. The number of hydrogen-bond acceptors (Lipinski definition) is 4. The zero-order valence-corrected chi connectivity index (χ0v) is 10.5. The van der Waals surface area contributed by atoms with Gasteiger partial charge in [0.05, 0.1) is 5.56 Å². The quantitative estimate of drug-likeness (QED) is 0.677. The highest BCUT2D eigenvalue weighted by Gasteiger charge is 2.37. The molecule has 0 aliphatic heterocycles. The average molecular weight is 297 g/mol. The SMILES string of the molecule is FC(F)(F)c1nc2ncccc2cc1-c1nc(=S)[nH][nH]1. The summed E-state index contributed by atoms with van der Waals surface area (Å²) in [6.45, 7) is 0. The second-order valence-electron chi connectivity index (χ2n) is 3.95. The van der Waals surface area contributed by atoms with E-state index in [1.54, 1.807) is 12.1 Å². The van der Waals surface area contributed by atoms with E-state index in [1.165, 1.54) is 12.3 Å². The number of aromatic amines is 2. The van der Waals surface area contributed by atoms with Crippen LogP contribution in [0.3, 0.4) is 0 Å². The van der Waals surface area contributed by atoms with Gasteiger partial charge in [-0.05, 0) is 30.4 Å². The molecule has 3 aromatic heterocycles. The van der Waals surface area contributed by atoms with Crippen molar-refractivity contribution < 1.29 is 13.2 Å². The molecule has 0 radical (unpaired) electrons. The minimum absolute atomic E-state index is 0.0134. The number of hydrogen-bond donors (Lipinski definition) is 2. The van der Waals surface area contributed by atoms with Crippen LogP contribution in [-0.2, 0) is 6.18 Å². The Balaban J connectivity index is 2.35. The summed E-state index contributed by atoms with van der Waals surface area (Å²) >= 11 is 4.75. The van der Waals surface area contributed by atoms with Crippen molar-refractivity contribution in [2.24, 2.45) is 0 Å². The van der Waals surface area contributed by atoms with Gasteiger partial charge in [-0.3, -0.25) is 10.2 Å². The summed E-state index contributed by atoms with van der Waals surface area (Å²) in [6, 6.07) is 4.58. The number of pyridine rings is 2. The van der Waals surface area contributed by atoms with Crippen molar-refractivity contribution in [2.75, 3.05) is 0 Å². The number of aromatic nitrogens is 5. The van der Waals surface area contributed by atoms with Crippen LogP contribution in [0.25, 0.3) is 22.4 Å². The van der Waals surface area contributed by atoms with Crippen LogP contribution in [0.4, 0.5) is 13.2 Å². The topological polar surface area (TPSA) is 70.2 Å². The largest absolute Gasteiger partial charge is 0.434 e. The standard InChI is InChI=1S/C11H6F3N5S/c12-11(13,14)7-6(9-17-10(20)19-18-9)4-5-2-1-3-15-8(5)16-7/h1-4H,(H2,17,18,19,20). The van der Waals surface area contributed by atoms with Crippen LogP contribution in [-0.4, -0.2) is 25.1 Å². The fourth-order valence-electron chi connectivity index (χ4n) is 1.80. The number of rotatable bonds is 1. The third kappa shape index (κ3) is 2.16. The molecule has 9 heteroatoms. The molecule has 0 atom stereocenters. The van der Waals surface area contributed by atoms with Gasteiger partial charge in [0, 0.05) is 11.6 Å². The van der Waals surface area contributed by atoms with Gasteiger partial charge < -0.3 is 0 Å². The maximum Gasteiger partial charge on any atom is 0.434 e. The van der Waals surface area contributed by atoms with Gasteiger partial charge in [-0.25, -0.2) is 9.97 Å². The van der Waals surface area contributed by atoms with Gasteiger partial charge in [-0.15, -0.1) is 0 Å². The normalized spacial score (nSPS) is 11.9. The molecule has 0 aromatic carbocycles. The first kappa shape index (κ1) is 12.7. The highest BCUT2D eigenvalue weighted by molar-refractivity contribution is 7.71. The minimum Gasteiger partial charge on any atom is -0.282 e. The van der Waals surface area contributed by atoms with E-state index in [4.69, 9.17) is 12.2 Å². The predicted octanol–water partition coefficient (Wildman–Crippen LogP) is 3.10. The second-order valence-corrected chi connectivity index (χ2v) is 4.33. The summed E-state index contributed by atoms with van der Waals surface area (Å²) < 4.78 is 39.4. The summed E-state index contributed by atoms with van der Waals surface area (Å²) in [4.78, 5) is 11.2. The van der Waals surface area contributed by atoms with E-state index in [0.717, 1.165) is 0 Å². The summed E-state index contributed by atoms with van der Waals surface area (Å²) in [5.41, 5.74) is -1.20. The third-order valence-corrected chi connectivity index (χ3v) is 2.81. The van der Waals surface area contributed by atoms with Gasteiger partial charge in [0.2, 0.25) is 4.77 Å². The molecular weight excluding hydrogens is 291 g/mol. The zero-order chi connectivity index (χ0) is 14.3. The first-order chi connectivity index (χ1) is 9.45. The minimum atomic E-state index is -4.62. The molecule has 20 heavy (non-hydrogen) atoms. The van der Waals surface area contributed by atoms with Gasteiger partial charge >= 0.3 is 6.18 Å². The molecular formula is C11H6F3N5S. The van der Waals surface area contributed by atoms with Gasteiger partial charge in [0.25, 0.3) is 0 Å². The molecule has 0 saturated heterocycles. The Kier molecular flexibility index (Phi) is 2.78. The van der Waals surface area contributed by atoms with E-state index >= 15 is 0 Å². The lowest BCUT2D eigenvalue weighted by atomic mass is 10.1. The van der Waals surface area contributed by atoms with Crippen LogP contribution in [0, 0.1) is 4.77 Å². The van der Waals surface area contributed by atoms with Crippen LogP contribution >= 0.6 is 12.2 Å². The summed E-state index contributed by atoms with van der Waals surface area (Å²) in [7, 11) is 0. The van der Waals surface area contributed by atoms with E-state index in [0.29, 0.717) is 5.39 Å². The number of alkyl halides is 3. The maximum atomic E-state index is 13.1. The van der Waals surface area contributed by atoms with Crippen molar-refractivity contribution in [3.63, 3.8) is 0 Å². The molecule has 0 amide bonds. The molecule has 0 bridgehead atoms. The molecule has 2 N–H and O–H groups in total. The molecule has 0 aliphatic rings. The number of nitrogens with zero attached hydrogens (tertiary/aromatic N) is 3. The van der Waals surface area contributed by atoms with Crippen molar-refractivity contribution in [1.82, 2.24) is 25.1 Å². The van der Waals surface area contributed by atoms with Crippen molar-refractivity contribution in [3.05, 3.63) is 34.9 Å². The van der Waals surface area contributed by atoms with Crippen molar-refractivity contribution in [1.29, 1.82) is 0 Å². The Morgan fingerprint density at radius 1 is 1.15 bits per heavy atom. The van der Waals surface area contributed by atoms with Gasteiger partial charge in [-0.2, -0.15) is 18.2 Å². The van der Waals surface area contributed by atoms with Gasteiger partial charge in [0.15, 0.2) is 17.2 Å². The van der Waals surface area contributed by atoms with Gasteiger partial charge in [-0.1, -0.05) is 0 Å². The number of halogens is 3. The Labute approximate surface area is 114 Å². The third-order valence-electron chi connectivity index (χ3n) is 2.61. The number of H-pyrrole nitrogens is 2. The maximum absolute atomic E-state index is 13.1. The Morgan fingerprint density at radius 2 is 1.95 bits per heavy atom. The zero-order valence-electron chi connectivity index (χ0n) is 9.69. The Hall–Kier alpha value is -2.29. The first-order valence-electron chi connectivity index (χ1n) is 5.43. The molecule has 0 spiro atoms. The Bertz CT molecular complexity index is 836. The van der Waals surface area contributed by atoms with E-state index in [1.807, 2.05) is 0 Å². The molecule has 3 rings (SSSR count). The molecule has 3 aromatic rings. The molecule has 0 unspecified atom stereocenters. The predicted molar refractivity (Wildman–Crippen MR) is 67.3 cm³/mol. The lowest BCUT2D eigenvalue weighted by Gasteiger charge is -2.11. The number of nitrogens with one attached hydrogen (secondary N) is 2. The number of fused-ring (bicyclic) bond motifs is 1. The van der Waals surface area contributed by atoms with E-state index < -0.39 is 11.9 Å². The summed E-state index contributed by atoms with van der Waals surface area (Å²) in [5, 5.41) is 5.44. The van der Waals surface area contributed by atoms with Crippen LogP contribution in [0.5, 0.6) is 0 Å². The fraction of sp³-hybridized carbons (Fsp3) is 0.0909. The van der Waals surface area contributed by atoms with Crippen LogP contribution in [0.15, 0.2) is 24.4 Å². The van der Waals surface area contributed by atoms with Crippen molar-refractivity contribution >= 4 is 23.3 Å². The molecule has 102 valence electrons. The molecule has 0 fully saturated rings. The summed E-state index contributed by atoms with van der Waals surface area (Å²) in [6.07, 6.45) is -3.23. The van der Waals surface area contributed by atoms with Crippen LogP contribution < -0.4 is 0 Å². The fourth-order valence-corrected chi connectivity index (χ4v) is 1.94. The molecule has 3 heterocycles. The van der Waals surface area contributed by atoms with E-state index in [-0.39, 0.29) is 21.8 Å².